The molecule has 0 aromatic carbocycles. The molecule has 1 aromatic rings. The molecule has 2 rings (SSSR count). The van der Waals surface area contributed by atoms with Crippen molar-refractivity contribution in [3.8, 4) is 0 Å². The number of hydrogen-bond acceptors (Lipinski definition) is 4. The van der Waals surface area contributed by atoms with E-state index in [2.05, 4.69) is 31.2 Å². The van der Waals surface area contributed by atoms with Gasteiger partial charge in [0.1, 0.15) is 10.3 Å². The number of halogens is 1. The van der Waals surface area contributed by atoms with Crippen LogP contribution in [0.2, 0.25) is 0 Å². The molecule has 6 heteroatoms. The highest BCUT2D eigenvalue weighted by Crippen LogP contribution is 2.18. The Bertz CT molecular complexity index is 414. The molecule has 0 saturated carbocycles. The molecular formula is C10H15BrN4O. The molecule has 16 heavy (non-hydrogen) atoms. The van der Waals surface area contributed by atoms with Gasteiger partial charge in [0.2, 0.25) is 0 Å². The highest BCUT2D eigenvalue weighted by atomic mass is 79.9. The second kappa shape index (κ2) is 4.97. The van der Waals surface area contributed by atoms with Gasteiger partial charge in [0.05, 0.1) is 6.33 Å². The van der Waals surface area contributed by atoms with Crippen molar-refractivity contribution in [3.63, 3.8) is 0 Å². The Hall–Kier alpha value is -0.880. The van der Waals surface area contributed by atoms with E-state index in [0.29, 0.717) is 16.3 Å². The van der Waals surface area contributed by atoms with Crippen LogP contribution in [-0.2, 0) is 0 Å². The Morgan fingerprint density at radius 2 is 2.50 bits per heavy atom. The molecule has 2 heterocycles. The fraction of sp³-hybridized carbons (Fsp3) is 0.600. The predicted molar refractivity (Wildman–Crippen MR) is 66.9 cm³/mol. The van der Waals surface area contributed by atoms with Crippen molar-refractivity contribution in [2.24, 2.45) is 0 Å². The van der Waals surface area contributed by atoms with Crippen LogP contribution in [0.5, 0.6) is 0 Å². The number of anilines is 1. The molecule has 1 atom stereocenters. The third-order valence-corrected chi connectivity index (χ3v) is 3.51. The van der Waals surface area contributed by atoms with Crippen molar-refractivity contribution in [2.75, 3.05) is 25.0 Å². The van der Waals surface area contributed by atoms with Crippen molar-refractivity contribution in [1.82, 2.24) is 15.3 Å². The zero-order valence-electron chi connectivity index (χ0n) is 9.16. The molecule has 1 unspecified atom stereocenters. The summed E-state index contributed by atoms with van der Waals surface area (Å²) >= 11 is 3.26. The van der Waals surface area contributed by atoms with E-state index in [0.717, 1.165) is 13.1 Å². The van der Waals surface area contributed by atoms with Crippen molar-refractivity contribution in [1.29, 1.82) is 0 Å². The third-order valence-electron chi connectivity index (χ3n) is 2.80. The topological polar surface area (TPSA) is 61.0 Å². The maximum Gasteiger partial charge on any atom is 0.267 e. The standard InChI is InChI=1S/C10H15BrN4O/c1-15(5-7-3-2-4-12-7)9-8(11)10(16)14-6-13-9/h6-7,12H,2-5H2,1H3,(H,13,14,16). The van der Waals surface area contributed by atoms with Gasteiger partial charge in [0, 0.05) is 19.6 Å². The summed E-state index contributed by atoms with van der Waals surface area (Å²) in [6.07, 6.45) is 3.84. The van der Waals surface area contributed by atoms with Gasteiger partial charge in [0.15, 0.2) is 0 Å². The summed E-state index contributed by atoms with van der Waals surface area (Å²) in [5, 5.41) is 3.42. The van der Waals surface area contributed by atoms with Crippen molar-refractivity contribution in [3.05, 3.63) is 21.2 Å². The molecule has 1 aliphatic rings. The minimum absolute atomic E-state index is 0.142. The predicted octanol–water partition coefficient (Wildman–Crippen LogP) is 0.721. The first kappa shape index (κ1) is 11.6. The molecule has 5 nitrogen and oxygen atoms in total. The molecule has 0 amide bonds. The molecule has 0 bridgehead atoms. The molecule has 0 spiro atoms. The van der Waals surface area contributed by atoms with Gasteiger partial charge in [0.25, 0.3) is 5.56 Å². The van der Waals surface area contributed by atoms with E-state index in [1.807, 2.05) is 11.9 Å². The van der Waals surface area contributed by atoms with Crippen LogP contribution < -0.4 is 15.8 Å². The summed E-state index contributed by atoms with van der Waals surface area (Å²) in [6.45, 7) is 1.96. The summed E-state index contributed by atoms with van der Waals surface area (Å²) in [7, 11) is 1.95. The number of rotatable bonds is 3. The van der Waals surface area contributed by atoms with Crippen molar-refractivity contribution in [2.45, 2.75) is 18.9 Å². The molecular weight excluding hydrogens is 272 g/mol. The van der Waals surface area contributed by atoms with Gasteiger partial charge < -0.3 is 15.2 Å². The van der Waals surface area contributed by atoms with E-state index in [4.69, 9.17) is 0 Å². The summed E-state index contributed by atoms with van der Waals surface area (Å²) in [4.78, 5) is 20.1. The normalized spacial score (nSPS) is 20.0. The highest BCUT2D eigenvalue weighted by Gasteiger charge is 2.18. The maximum absolute atomic E-state index is 11.4. The third kappa shape index (κ3) is 2.44. The average molecular weight is 287 g/mol. The lowest BCUT2D eigenvalue weighted by atomic mass is 10.2. The SMILES string of the molecule is CN(CC1CCCN1)c1nc[nH]c(=O)c1Br. The zero-order valence-corrected chi connectivity index (χ0v) is 10.7. The van der Waals surface area contributed by atoms with Gasteiger partial charge in [-0.2, -0.15) is 0 Å². The summed E-state index contributed by atoms with van der Waals surface area (Å²) in [6, 6.07) is 0.498. The van der Waals surface area contributed by atoms with Gasteiger partial charge in [-0.3, -0.25) is 4.79 Å². The van der Waals surface area contributed by atoms with E-state index in [1.54, 1.807) is 0 Å². The van der Waals surface area contributed by atoms with Crippen LogP contribution in [0.3, 0.4) is 0 Å². The van der Waals surface area contributed by atoms with Crippen LogP contribution in [0.15, 0.2) is 15.6 Å². The fourth-order valence-electron chi connectivity index (χ4n) is 1.97. The van der Waals surface area contributed by atoms with Gasteiger partial charge in [-0.1, -0.05) is 0 Å². The maximum atomic E-state index is 11.4. The molecule has 1 aromatic heterocycles. The van der Waals surface area contributed by atoms with Gasteiger partial charge in [-0.25, -0.2) is 4.98 Å². The van der Waals surface area contributed by atoms with Gasteiger partial charge in [-0.15, -0.1) is 0 Å². The lowest BCUT2D eigenvalue weighted by molar-refractivity contribution is 0.596. The van der Waals surface area contributed by atoms with Crippen molar-refractivity contribution < 1.29 is 0 Å². The fourth-order valence-corrected chi connectivity index (χ4v) is 2.49. The van der Waals surface area contributed by atoms with E-state index in [1.165, 1.54) is 19.2 Å². The van der Waals surface area contributed by atoms with Gasteiger partial charge in [-0.05, 0) is 35.3 Å². The molecule has 1 saturated heterocycles. The van der Waals surface area contributed by atoms with Crippen molar-refractivity contribution >= 4 is 21.7 Å². The first-order chi connectivity index (χ1) is 7.68. The largest absolute Gasteiger partial charge is 0.357 e. The average Bonchev–Trinajstić information content (AvgIpc) is 2.74. The minimum atomic E-state index is -0.142. The Morgan fingerprint density at radius 3 is 3.19 bits per heavy atom. The Morgan fingerprint density at radius 1 is 1.69 bits per heavy atom. The van der Waals surface area contributed by atoms with Crippen LogP contribution in [0, 0.1) is 0 Å². The van der Waals surface area contributed by atoms with E-state index >= 15 is 0 Å². The summed E-state index contributed by atoms with van der Waals surface area (Å²) in [5.41, 5.74) is -0.142. The highest BCUT2D eigenvalue weighted by molar-refractivity contribution is 9.10. The first-order valence-corrected chi connectivity index (χ1v) is 6.15. The second-order valence-corrected chi connectivity index (χ2v) is 4.84. The summed E-state index contributed by atoms with van der Waals surface area (Å²) in [5.74, 6) is 0.692. The van der Waals surface area contributed by atoms with E-state index < -0.39 is 0 Å². The molecule has 0 aliphatic carbocycles. The quantitative estimate of drug-likeness (QED) is 0.860. The molecule has 1 aliphatic heterocycles. The van der Waals surface area contributed by atoms with Crippen LogP contribution in [0.1, 0.15) is 12.8 Å². The number of likely N-dealkylation sites (N-methyl/N-ethyl adjacent to an activating group) is 1. The zero-order chi connectivity index (χ0) is 11.5. The van der Waals surface area contributed by atoms with Crippen LogP contribution >= 0.6 is 15.9 Å². The lowest BCUT2D eigenvalue weighted by Gasteiger charge is -2.22. The van der Waals surface area contributed by atoms with Crippen LogP contribution in [0.25, 0.3) is 0 Å². The number of hydrogen-bond donors (Lipinski definition) is 2. The molecule has 2 N–H and O–H groups in total. The number of H-pyrrole nitrogens is 1. The van der Waals surface area contributed by atoms with Gasteiger partial charge >= 0.3 is 0 Å². The summed E-state index contributed by atoms with van der Waals surface area (Å²) < 4.78 is 0.496. The van der Waals surface area contributed by atoms with Crippen LogP contribution in [-0.4, -0.2) is 36.1 Å². The van der Waals surface area contributed by atoms with E-state index in [9.17, 15) is 4.79 Å². The molecule has 1 fully saturated rings. The Kier molecular flexibility index (Phi) is 3.60. The lowest BCUT2D eigenvalue weighted by Crippen LogP contribution is -2.36. The Labute approximate surface area is 102 Å². The second-order valence-electron chi connectivity index (χ2n) is 4.04. The number of aromatic nitrogens is 2. The minimum Gasteiger partial charge on any atom is -0.357 e. The number of aromatic amines is 1. The monoisotopic (exact) mass is 286 g/mol. The molecule has 88 valence electrons. The first-order valence-electron chi connectivity index (χ1n) is 5.36. The number of nitrogens with zero attached hydrogens (tertiary/aromatic N) is 2. The van der Waals surface area contributed by atoms with Crippen LogP contribution in [0.4, 0.5) is 5.82 Å². The molecule has 0 radical (unpaired) electrons. The Balaban J connectivity index is 2.10. The number of nitrogens with one attached hydrogen (secondary N) is 2. The van der Waals surface area contributed by atoms with E-state index in [-0.39, 0.29) is 5.56 Å². The smallest absolute Gasteiger partial charge is 0.267 e.